The maximum absolute atomic E-state index is 14.8. The second-order valence-corrected chi connectivity index (χ2v) is 11.1. The van der Waals surface area contributed by atoms with Gasteiger partial charge in [-0.25, -0.2) is 32.1 Å². The molecule has 0 radical (unpaired) electrons. The van der Waals surface area contributed by atoms with Crippen molar-refractivity contribution >= 4 is 29.5 Å². The number of hydrogen-bond acceptors (Lipinski definition) is 7. The van der Waals surface area contributed by atoms with E-state index in [1.807, 2.05) is 0 Å². The third kappa shape index (κ3) is 6.80. The van der Waals surface area contributed by atoms with Crippen molar-refractivity contribution in [3.8, 4) is 0 Å². The van der Waals surface area contributed by atoms with Gasteiger partial charge in [-0.1, -0.05) is 17.7 Å². The summed E-state index contributed by atoms with van der Waals surface area (Å²) in [6.45, 7) is 5.27. The van der Waals surface area contributed by atoms with Gasteiger partial charge in [0.2, 0.25) is 0 Å². The van der Waals surface area contributed by atoms with Crippen LogP contribution in [-0.4, -0.2) is 41.6 Å². The monoisotopic (exact) mass is 596 g/mol. The largest absolute Gasteiger partial charge is 0.466 e. The lowest BCUT2D eigenvalue weighted by atomic mass is 9.80. The number of halogens is 5. The van der Waals surface area contributed by atoms with E-state index in [0.717, 1.165) is 19.4 Å². The van der Waals surface area contributed by atoms with E-state index in [4.69, 9.17) is 21.1 Å². The Morgan fingerprint density at radius 1 is 1.07 bits per heavy atom. The smallest absolute Gasteiger partial charge is 0.407 e. The van der Waals surface area contributed by atoms with Crippen LogP contribution < -0.4 is 10.6 Å². The van der Waals surface area contributed by atoms with E-state index in [1.54, 1.807) is 20.8 Å². The summed E-state index contributed by atoms with van der Waals surface area (Å²) in [7, 11) is 1.15. The Kier molecular flexibility index (Phi) is 8.91. The van der Waals surface area contributed by atoms with E-state index < -0.39 is 52.0 Å². The molecule has 1 aliphatic carbocycles. The van der Waals surface area contributed by atoms with Gasteiger partial charge in [-0.05, 0) is 58.4 Å². The predicted molar refractivity (Wildman–Crippen MR) is 142 cm³/mol. The zero-order valence-electron chi connectivity index (χ0n) is 22.8. The van der Waals surface area contributed by atoms with Gasteiger partial charge >= 0.3 is 12.1 Å². The molecule has 0 saturated heterocycles. The first-order chi connectivity index (χ1) is 19.3. The number of nitrogens with one attached hydrogen (secondary N) is 2. The number of amidine groups is 1. The number of allylic oxidation sites excluding steroid dienone is 1. The van der Waals surface area contributed by atoms with Crippen molar-refractivity contribution in [3.05, 3.63) is 75.2 Å². The molecule has 0 spiro atoms. The van der Waals surface area contributed by atoms with Crippen molar-refractivity contribution in [1.29, 1.82) is 0 Å². The zero-order valence-corrected chi connectivity index (χ0v) is 23.5. The summed E-state index contributed by atoms with van der Waals surface area (Å²) in [5.74, 6) is -5.82. The fourth-order valence-corrected chi connectivity index (χ4v) is 5.17. The standard InChI is InChI=1S/C28H29ClF4N4O4/c1-28(2,3)41-27(39)35-15-7-5-13(6-8-15)22-19(26(38)40-4)23(16-9-10-17(31)21(33)20(16)29)37-25(36-22)24-18(32)11-14(30)12-34-24/h9-13,15,23H,5-8H2,1-4H3,(H,35,39)(H,36,37)/t13-,15-,23?. The average molecular weight is 597 g/mol. The van der Waals surface area contributed by atoms with E-state index in [9.17, 15) is 27.2 Å². The highest BCUT2D eigenvalue weighted by Crippen LogP contribution is 2.41. The highest BCUT2D eigenvalue weighted by molar-refractivity contribution is 6.31. The molecule has 1 atom stereocenters. The minimum absolute atomic E-state index is 0.0322. The number of carbonyl (C=O) groups is 2. The fourth-order valence-electron chi connectivity index (χ4n) is 4.91. The molecule has 2 aromatic rings. The lowest BCUT2D eigenvalue weighted by Crippen LogP contribution is -2.43. The van der Waals surface area contributed by atoms with E-state index in [-0.39, 0.29) is 34.6 Å². The van der Waals surface area contributed by atoms with Gasteiger partial charge < -0.3 is 20.1 Å². The minimum atomic E-state index is -1.34. The summed E-state index contributed by atoms with van der Waals surface area (Å²) in [6, 6.07) is 1.10. The lowest BCUT2D eigenvalue weighted by molar-refractivity contribution is -0.136. The number of aromatic nitrogens is 1. The molecular weight excluding hydrogens is 568 g/mol. The summed E-state index contributed by atoms with van der Waals surface area (Å²) in [4.78, 5) is 33.6. The molecule has 8 nitrogen and oxygen atoms in total. The molecule has 1 aromatic carbocycles. The molecule has 1 saturated carbocycles. The lowest BCUT2D eigenvalue weighted by Gasteiger charge is -2.35. The van der Waals surface area contributed by atoms with Crippen LogP contribution in [0.3, 0.4) is 0 Å². The van der Waals surface area contributed by atoms with Gasteiger partial charge in [-0.15, -0.1) is 0 Å². The van der Waals surface area contributed by atoms with Crippen molar-refractivity contribution in [2.75, 3.05) is 7.11 Å². The molecule has 2 heterocycles. The van der Waals surface area contributed by atoms with Crippen LogP contribution in [0.15, 0.2) is 40.7 Å². The third-order valence-corrected chi connectivity index (χ3v) is 7.11. The molecule has 4 rings (SSSR count). The normalized spacial score (nSPS) is 21.1. The van der Waals surface area contributed by atoms with Crippen molar-refractivity contribution in [2.45, 2.75) is 64.1 Å². The number of ether oxygens (including phenoxy) is 2. The summed E-state index contributed by atoms with van der Waals surface area (Å²) in [5.41, 5.74) is -0.811. The Labute approximate surface area is 239 Å². The number of esters is 1. The van der Waals surface area contributed by atoms with Crippen LogP contribution in [0.4, 0.5) is 22.4 Å². The Morgan fingerprint density at radius 2 is 1.76 bits per heavy atom. The van der Waals surface area contributed by atoms with E-state index in [1.165, 1.54) is 6.07 Å². The predicted octanol–water partition coefficient (Wildman–Crippen LogP) is 5.89. The molecule has 1 fully saturated rings. The molecule has 0 bridgehead atoms. The Morgan fingerprint density at radius 3 is 2.37 bits per heavy atom. The summed E-state index contributed by atoms with van der Waals surface area (Å²) in [5, 5.41) is 5.21. The first kappa shape index (κ1) is 30.3. The number of rotatable bonds is 5. The van der Waals surface area contributed by atoms with Gasteiger partial charge in [-0.2, -0.15) is 0 Å². The van der Waals surface area contributed by atoms with Crippen LogP contribution in [0, 0.1) is 29.2 Å². The highest BCUT2D eigenvalue weighted by Gasteiger charge is 2.39. The van der Waals surface area contributed by atoms with Crippen LogP contribution >= 0.6 is 11.6 Å². The maximum atomic E-state index is 14.8. The van der Waals surface area contributed by atoms with Crippen molar-refractivity contribution < 1.29 is 36.6 Å². The number of benzene rings is 1. The van der Waals surface area contributed by atoms with Crippen LogP contribution in [0.25, 0.3) is 0 Å². The van der Waals surface area contributed by atoms with Crippen LogP contribution in [0.2, 0.25) is 5.02 Å². The SMILES string of the molecule is COC(=O)C1=C([C@H]2CC[C@H](NC(=O)OC(C)(C)C)CC2)NC(c2ncc(F)cc2F)=NC1c1ccc(F)c(F)c1Cl. The molecule has 1 aromatic heterocycles. The number of amides is 1. The topological polar surface area (TPSA) is 102 Å². The Bertz CT molecular complexity index is 1420. The van der Waals surface area contributed by atoms with Gasteiger partial charge in [0, 0.05) is 23.4 Å². The van der Waals surface area contributed by atoms with E-state index >= 15 is 0 Å². The maximum Gasteiger partial charge on any atom is 0.407 e. The van der Waals surface area contributed by atoms with Gasteiger partial charge in [-0.3, -0.25) is 4.99 Å². The summed E-state index contributed by atoms with van der Waals surface area (Å²) in [6.07, 6.45) is 2.20. The first-order valence-electron chi connectivity index (χ1n) is 12.9. The molecule has 13 heteroatoms. The molecule has 1 unspecified atom stereocenters. The van der Waals surface area contributed by atoms with E-state index in [0.29, 0.717) is 37.4 Å². The number of carbonyl (C=O) groups excluding carboxylic acids is 2. The summed E-state index contributed by atoms with van der Waals surface area (Å²) >= 11 is 6.17. The number of methoxy groups -OCH3 is 1. The second-order valence-electron chi connectivity index (χ2n) is 10.8. The Hall–Kier alpha value is -3.67. The minimum Gasteiger partial charge on any atom is -0.466 e. The molecule has 1 amide bonds. The Balaban J connectivity index is 1.74. The average Bonchev–Trinajstić information content (AvgIpc) is 2.90. The van der Waals surface area contributed by atoms with Crippen LogP contribution in [-0.2, 0) is 14.3 Å². The first-order valence-corrected chi connectivity index (χ1v) is 13.3. The number of nitrogens with zero attached hydrogens (tertiary/aromatic N) is 2. The van der Waals surface area contributed by atoms with Crippen molar-refractivity contribution in [2.24, 2.45) is 10.9 Å². The number of hydrogen-bond donors (Lipinski definition) is 2. The van der Waals surface area contributed by atoms with E-state index in [2.05, 4.69) is 20.6 Å². The quantitative estimate of drug-likeness (QED) is 0.253. The van der Waals surface area contributed by atoms with Crippen molar-refractivity contribution in [1.82, 2.24) is 15.6 Å². The number of alkyl carbamates (subject to hydrolysis) is 1. The highest BCUT2D eigenvalue weighted by atomic mass is 35.5. The number of pyridine rings is 1. The molecule has 2 N–H and O–H groups in total. The molecular formula is C28H29ClF4N4O4. The number of aliphatic imine (C=N–C) groups is 1. The zero-order chi connectivity index (χ0) is 30.1. The van der Waals surface area contributed by atoms with Gasteiger partial charge in [0.1, 0.15) is 23.2 Å². The summed E-state index contributed by atoms with van der Waals surface area (Å²) < 4.78 is 67.3. The molecule has 41 heavy (non-hydrogen) atoms. The van der Waals surface area contributed by atoms with Gasteiger partial charge in [0.25, 0.3) is 0 Å². The second kappa shape index (κ2) is 12.1. The third-order valence-electron chi connectivity index (χ3n) is 6.73. The molecule has 1 aliphatic heterocycles. The molecule has 220 valence electrons. The van der Waals surface area contributed by atoms with Crippen LogP contribution in [0.1, 0.15) is 63.8 Å². The van der Waals surface area contributed by atoms with Crippen molar-refractivity contribution in [3.63, 3.8) is 0 Å². The molecule has 2 aliphatic rings. The fraction of sp³-hybridized carbons (Fsp3) is 0.429. The van der Waals surface area contributed by atoms with Gasteiger partial charge in [0.05, 0.1) is 23.9 Å². The van der Waals surface area contributed by atoms with Crippen LogP contribution in [0.5, 0.6) is 0 Å². The van der Waals surface area contributed by atoms with Gasteiger partial charge in [0.15, 0.2) is 23.3 Å².